The van der Waals surface area contributed by atoms with Gasteiger partial charge in [-0.05, 0) is 17.7 Å². The number of hydrogen-bond acceptors (Lipinski definition) is 2. The minimum Gasteiger partial charge on any atom is -0.466 e. The molecule has 0 saturated carbocycles. The topological polar surface area (TPSA) is 18.5 Å². The first-order chi connectivity index (χ1) is 6.27. The third-order valence-corrected chi connectivity index (χ3v) is 2.09. The van der Waals surface area contributed by atoms with Crippen molar-refractivity contribution in [3.63, 3.8) is 0 Å². The minimum atomic E-state index is 0.194. The van der Waals surface area contributed by atoms with Gasteiger partial charge >= 0.3 is 0 Å². The van der Waals surface area contributed by atoms with E-state index in [1.165, 1.54) is 0 Å². The molecule has 2 nitrogen and oxygen atoms in total. The summed E-state index contributed by atoms with van der Waals surface area (Å²) >= 11 is 11.5. The molecule has 0 unspecified atom stereocenters. The maximum absolute atomic E-state index is 5.90. The van der Waals surface area contributed by atoms with E-state index in [2.05, 4.69) is 0 Å². The molecule has 72 valence electrons. The third-order valence-electron chi connectivity index (χ3n) is 1.48. The summed E-state index contributed by atoms with van der Waals surface area (Å²) in [6.07, 6.45) is 0. The van der Waals surface area contributed by atoms with Crippen LogP contribution in [0.15, 0.2) is 18.2 Å². The van der Waals surface area contributed by atoms with Crippen LogP contribution in [-0.4, -0.2) is 13.9 Å². The van der Waals surface area contributed by atoms with Crippen LogP contribution in [0.25, 0.3) is 0 Å². The molecule has 1 aromatic carbocycles. The lowest BCUT2D eigenvalue weighted by molar-refractivity contribution is 0.0512. The van der Waals surface area contributed by atoms with Gasteiger partial charge in [-0.2, -0.15) is 0 Å². The van der Waals surface area contributed by atoms with Crippen LogP contribution in [0.4, 0.5) is 0 Å². The Morgan fingerprint density at radius 3 is 2.69 bits per heavy atom. The fraction of sp³-hybridized carbons (Fsp3) is 0.333. The average molecular weight is 221 g/mol. The molecule has 0 heterocycles. The van der Waals surface area contributed by atoms with Crippen molar-refractivity contribution in [1.29, 1.82) is 0 Å². The van der Waals surface area contributed by atoms with Gasteiger partial charge in [-0.15, -0.1) is 11.6 Å². The van der Waals surface area contributed by atoms with Crippen molar-refractivity contribution in [3.05, 3.63) is 28.8 Å². The highest BCUT2D eigenvalue weighted by Gasteiger charge is 2.01. The molecule has 13 heavy (non-hydrogen) atoms. The van der Waals surface area contributed by atoms with E-state index in [1.807, 2.05) is 6.07 Å². The molecule has 0 spiro atoms. The molecular formula is C9H10Cl2O2. The third kappa shape index (κ3) is 3.07. The lowest BCUT2D eigenvalue weighted by Gasteiger charge is -2.07. The van der Waals surface area contributed by atoms with Crippen LogP contribution in [0.3, 0.4) is 0 Å². The van der Waals surface area contributed by atoms with Crippen LogP contribution in [0.5, 0.6) is 5.75 Å². The van der Waals surface area contributed by atoms with E-state index in [9.17, 15) is 0 Å². The molecule has 0 radical (unpaired) electrons. The molecule has 4 heteroatoms. The van der Waals surface area contributed by atoms with Gasteiger partial charge in [0, 0.05) is 13.0 Å². The summed E-state index contributed by atoms with van der Waals surface area (Å²) in [5.41, 5.74) is 0.969. The van der Waals surface area contributed by atoms with Crippen LogP contribution in [0.2, 0.25) is 5.02 Å². The van der Waals surface area contributed by atoms with E-state index in [-0.39, 0.29) is 6.79 Å². The Bertz CT molecular complexity index is 276. The Kier molecular flexibility index (Phi) is 4.36. The Balaban J connectivity index is 2.73. The Hall–Kier alpha value is -0.440. The van der Waals surface area contributed by atoms with E-state index in [4.69, 9.17) is 32.7 Å². The monoisotopic (exact) mass is 220 g/mol. The number of rotatable bonds is 4. The zero-order chi connectivity index (χ0) is 9.68. The second kappa shape index (κ2) is 5.32. The molecule has 0 atom stereocenters. The molecule has 1 rings (SSSR count). The van der Waals surface area contributed by atoms with Crippen molar-refractivity contribution in [2.75, 3.05) is 13.9 Å². The number of hydrogen-bond donors (Lipinski definition) is 0. The molecule has 0 aliphatic carbocycles. The van der Waals surface area contributed by atoms with Crippen molar-refractivity contribution < 1.29 is 9.47 Å². The molecule has 0 N–H and O–H groups in total. The van der Waals surface area contributed by atoms with Crippen molar-refractivity contribution in [2.24, 2.45) is 0 Å². The molecule has 0 aliphatic heterocycles. The van der Waals surface area contributed by atoms with Gasteiger partial charge in [-0.1, -0.05) is 17.7 Å². The van der Waals surface area contributed by atoms with Crippen molar-refractivity contribution in [1.82, 2.24) is 0 Å². The van der Waals surface area contributed by atoms with E-state index in [0.29, 0.717) is 16.7 Å². The molecular weight excluding hydrogens is 211 g/mol. The van der Waals surface area contributed by atoms with Crippen LogP contribution < -0.4 is 4.74 Å². The predicted molar refractivity (Wildman–Crippen MR) is 53.5 cm³/mol. The summed E-state index contributed by atoms with van der Waals surface area (Å²) in [7, 11) is 1.56. The van der Waals surface area contributed by atoms with Gasteiger partial charge in [0.25, 0.3) is 0 Å². The Labute approximate surface area is 87.4 Å². The summed E-state index contributed by atoms with van der Waals surface area (Å²) in [5.74, 6) is 1.06. The summed E-state index contributed by atoms with van der Waals surface area (Å²) in [4.78, 5) is 0. The fourth-order valence-corrected chi connectivity index (χ4v) is 1.29. The normalized spacial score (nSPS) is 10.1. The zero-order valence-corrected chi connectivity index (χ0v) is 8.73. The van der Waals surface area contributed by atoms with Gasteiger partial charge in [-0.25, -0.2) is 0 Å². The highest BCUT2D eigenvalue weighted by molar-refractivity contribution is 6.32. The van der Waals surface area contributed by atoms with E-state index in [0.717, 1.165) is 5.56 Å². The molecule has 0 aliphatic rings. The second-order valence-electron chi connectivity index (χ2n) is 2.45. The van der Waals surface area contributed by atoms with Crippen LogP contribution in [0, 0.1) is 0 Å². The smallest absolute Gasteiger partial charge is 0.188 e. The second-order valence-corrected chi connectivity index (χ2v) is 3.12. The highest BCUT2D eigenvalue weighted by Crippen LogP contribution is 2.25. The van der Waals surface area contributed by atoms with Crippen molar-refractivity contribution in [2.45, 2.75) is 5.88 Å². The Morgan fingerprint density at radius 2 is 2.15 bits per heavy atom. The number of benzene rings is 1. The number of ether oxygens (including phenoxy) is 2. The summed E-state index contributed by atoms with van der Waals surface area (Å²) < 4.78 is 9.94. The first-order valence-corrected chi connectivity index (χ1v) is 4.65. The number of halogens is 2. The molecule has 0 aromatic heterocycles. The van der Waals surface area contributed by atoms with Crippen LogP contribution in [0.1, 0.15) is 5.56 Å². The average Bonchev–Trinajstić information content (AvgIpc) is 2.16. The minimum absolute atomic E-state index is 0.194. The van der Waals surface area contributed by atoms with Gasteiger partial charge < -0.3 is 9.47 Å². The zero-order valence-electron chi connectivity index (χ0n) is 7.22. The molecule has 0 fully saturated rings. The van der Waals surface area contributed by atoms with Gasteiger partial charge in [0.1, 0.15) is 5.75 Å². The Morgan fingerprint density at radius 1 is 1.38 bits per heavy atom. The molecule has 0 saturated heterocycles. The summed E-state index contributed by atoms with van der Waals surface area (Å²) in [6, 6.07) is 5.42. The standard InChI is InChI=1S/C9H10Cl2O2/c1-12-6-13-9-3-2-7(5-10)4-8(9)11/h2-4H,5-6H2,1H3. The van der Waals surface area contributed by atoms with E-state index >= 15 is 0 Å². The maximum atomic E-state index is 5.90. The fourth-order valence-electron chi connectivity index (χ4n) is 0.867. The quantitative estimate of drug-likeness (QED) is 0.574. The SMILES string of the molecule is COCOc1ccc(CCl)cc1Cl. The van der Waals surface area contributed by atoms with Gasteiger partial charge in [0.2, 0.25) is 0 Å². The van der Waals surface area contributed by atoms with E-state index in [1.54, 1.807) is 19.2 Å². The first kappa shape index (κ1) is 10.6. The first-order valence-electron chi connectivity index (χ1n) is 3.74. The molecule has 0 amide bonds. The largest absolute Gasteiger partial charge is 0.466 e. The molecule has 0 bridgehead atoms. The van der Waals surface area contributed by atoms with Crippen molar-refractivity contribution >= 4 is 23.2 Å². The van der Waals surface area contributed by atoms with Crippen LogP contribution in [-0.2, 0) is 10.6 Å². The van der Waals surface area contributed by atoms with Gasteiger partial charge in [0.05, 0.1) is 5.02 Å². The number of alkyl halides is 1. The maximum Gasteiger partial charge on any atom is 0.188 e. The van der Waals surface area contributed by atoms with Crippen molar-refractivity contribution in [3.8, 4) is 5.75 Å². The lowest BCUT2D eigenvalue weighted by atomic mass is 10.2. The lowest BCUT2D eigenvalue weighted by Crippen LogP contribution is -1.99. The van der Waals surface area contributed by atoms with Gasteiger partial charge in [0.15, 0.2) is 6.79 Å². The molecule has 1 aromatic rings. The van der Waals surface area contributed by atoms with Crippen LogP contribution >= 0.6 is 23.2 Å². The highest BCUT2D eigenvalue weighted by atomic mass is 35.5. The summed E-state index contributed by atoms with van der Waals surface area (Å²) in [5, 5.41) is 0.551. The number of methoxy groups -OCH3 is 1. The summed E-state index contributed by atoms with van der Waals surface area (Å²) in [6.45, 7) is 0.194. The van der Waals surface area contributed by atoms with Gasteiger partial charge in [-0.3, -0.25) is 0 Å². The van der Waals surface area contributed by atoms with E-state index < -0.39 is 0 Å². The predicted octanol–water partition coefficient (Wildman–Crippen LogP) is 3.06.